The summed E-state index contributed by atoms with van der Waals surface area (Å²) in [4.78, 5) is 4.05. The van der Waals surface area contributed by atoms with E-state index in [1.807, 2.05) is 0 Å². The van der Waals surface area contributed by atoms with Gasteiger partial charge in [0.05, 0.1) is 34.0 Å². The highest BCUT2D eigenvalue weighted by Crippen LogP contribution is 2.13. The van der Waals surface area contributed by atoms with Gasteiger partial charge >= 0.3 is 0 Å². The maximum Gasteiger partial charge on any atom is 0.128 e. The van der Waals surface area contributed by atoms with Gasteiger partial charge in [0.2, 0.25) is 0 Å². The van der Waals surface area contributed by atoms with E-state index in [1.165, 1.54) is 48.0 Å². The quantitative estimate of drug-likeness (QED) is 0.302. The SMILES string of the molecule is C[N+]1(C)CC[N+](C)(CCCN=CN)CC1. The first kappa shape index (κ1) is 12.5. The average molecular weight is 214 g/mol. The van der Waals surface area contributed by atoms with Crippen LogP contribution in [0.4, 0.5) is 0 Å². The van der Waals surface area contributed by atoms with Gasteiger partial charge in [-0.2, -0.15) is 0 Å². The molecule has 0 aromatic heterocycles. The van der Waals surface area contributed by atoms with Crippen LogP contribution in [0.25, 0.3) is 0 Å². The van der Waals surface area contributed by atoms with Crippen LogP contribution in [0, 0.1) is 0 Å². The molecule has 0 atom stereocenters. The molecule has 0 amide bonds. The van der Waals surface area contributed by atoms with Gasteiger partial charge in [-0.15, -0.1) is 0 Å². The van der Waals surface area contributed by atoms with Crippen LogP contribution in [0.5, 0.6) is 0 Å². The van der Waals surface area contributed by atoms with Gasteiger partial charge in [0.15, 0.2) is 0 Å². The smallest absolute Gasteiger partial charge is 0.128 e. The van der Waals surface area contributed by atoms with E-state index in [-0.39, 0.29) is 0 Å². The summed E-state index contributed by atoms with van der Waals surface area (Å²) in [7, 11) is 7.01. The number of piperazine rings is 1. The summed E-state index contributed by atoms with van der Waals surface area (Å²) in [6.45, 7) is 7.27. The Hall–Kier alpha value is -0.610. The van der Waals surface area contributed by atoms with Gasteiger partial charge in [-0.3, -0.25) is 4.99 Å². The van der Waals surface area contributed by atoms with E-state index >= 15 is 0 Å². The van der Waals surface area contributed by atoms with E-state index in [0.29, 0.717) is 0 Å². The molecule has 0 saturated carbocycles. The number of quaternary nitrogens is 2. The Kier molecular flexibility index (Phi) is 4.11. The molecule has 0 radical (unpaired) electrons. The molecule has 0 aromatic carbocycles. The fraction of sp³-hybridized carbons (Fsp3) is 0.909. The number of hydrogen-bond donors (Lipinski definition) is 1. The number of likely N-dealkylation sites (N-methyl/N-ethyl adjacent to an activating group) is 2. The lowest BCUT2D eigenvalue weighted by atomic mass is 10.2. The van der Waals surface area contributed by atoms with Gasteiger partial charge in [-0.05, 0) is 0 Å². The molecule has 2 N–H and O–H groups in total. The zero-order chi connectivity index (χ0) is 11.4. The minimum absolute atomic E-state index is 0.878. The Bertz CT molecular complexity index is 213. The maximum absolute atomic E-state index is 5.22. The van der Waals surface area contributed by atoms with Crippen LogP contribution in [0.2, 0.25) is 0 Å². The predicted octanol–water partition coefficient (Wildman–Crippen LogP) is -0.0999. The van der Waals surface area contributed by atoms with Gasteiger partial charge in [0, 0.05) is 13.0 Å². The molecular weight excluding hydrogens is 188 g/mol. The van der Waals surface area contributed by atoms with Crippen molar-refractivity contribution in [3.8, 4) is 0 Å². The van der Waals surface area contributed by atoms with E-state index in [0.717, 1.165) is 13.0 Å². The normalized spacial score (nSPS) is 24.5. The minimum Gasteiger partial charge on any atom is -0.390 e. The Balaban J connectivity index is 2.29. The van der Waals surface area contributed by atoms with E-state index in [9.17, 15) is 0 Å². The Morgan fingerprint density at radius 1 is 1.13 bits per heavy atom. The number of rotatable bonds is 4. The van der Waals surface area contributed by atoms with E-state index in [4.69, 9.17) is 5.73 Å². The molecule has 0 aliphatic carbocycles. The molecule has 88 valence electrons. The molecule has 1 aliphatic heterocycles. The minimum atomic E-state index is 0.878. The second-order valence-corrected chi connectivity index (χ2v) is 5.58. The Labute approximate surface area is 93.6 Å². The molecule has 0 aromatic rings. The first-order chi connectivity index (χ1) is 6.97. The lowest BCUT2D eigenvalue weighted by Gasteiger charge is -2.44. The summed E-state index contributed by atoms with van der Waals surface area (Å²) in [5.41, 5.74) is 5.22. The molecule has 0 bridgehead atoms. The van der Waals surface area contributed by atoms with Crippen LogP contribution in [-0.2, 0) is 0 Å². The predicted molar refractivity (Wildman–Crippen MR) is 64.8 cm³/mol. The van der Waals surface area contributed by atoms with Gasteiger partial charge in [0.25, 0.3) is 0 Å². The van der Waals surface area contributed by atoms with Gasteiger partial charge < -0.3 is 14.7 Å². The summed E-state index contributed by atoms with van der Waals surface area (Å²) >= 11 is 0. The molecule has 4 heteroatoms. The summed E-state index contributed by atoms with van der Waals surface area (Å²) in [5, 5.41) is 0. The van der Waals surface area contributed by atoms with Crippen molar-refractivity contribution < 1.29 is 8.97 Å². The topological polar surface area (TPSA) is 38.4 Å². The molecule has 1 fully saturated rings. The van der Waals surface area contributed by atoms with Crippen molar-refractivity contribution in [1.29, 1.82) is 0 Å². The highest BCUT2D eigenvalue weighted by atomic mass is 15.4. The van der Waals surface area contributed by atoms with Crippen LogP contribution < -0.4 is 5.73 Å². The maximum atomic E-state index is 5.22. The second-order valence-electron chi connectivity index (χ2n) is 5.58. The monoisotopic (exact) mass is 214 g/mol. The standard InChI is InChI=1S/C11H26N4/c1-14(2)7-9-15(3,10-8-14)6-4-5-13-11-12/h11H,4-10H2,1-3H3,(H2,12,13)/q+2. The molecule has 1 heterocycles. The summed E-state index contributed by atoms with van der Waals surface area (Å²) in [6.07, 6.45) is 2.56. The summed E-state index contributed by atoms with van der Waals surface area (Å²) in [5.74, 6) is 0. The van der Waals surface area contributed by atoms with E-state index in [1.54, 1.807) is 0 Å². The van der Waals surface area contributed by atoms with E-state index < -0.39 is 0 Å². The third-order valence-corrected chi connectivity index (χ3v) is 3.58. The van der Waals surface area contributed by atoms with E-state index in [2.05, 4.69) is 26.1 Å². The van der Waals surface area contributed by atoms with Crippen LogP contribution in [0.1, 0.15) is 6.42 Å². The van der Waals surface area contributed by atoms with Gasteiger partial charge in [0.1, 0.15) is 26.2 Å². The first-order valence-electron chi connectivity index (χ1n) is 5.83. The lowest BCUT2D eigenvalue weighted by molar-refractivity contribution is -1.01. The number of nitrogens with two attached hydrogens (primary N) is 1. The Morgan fingerprint density at radius 3 is 2.27 bits per heavy atom. The van der Waals surface area contributed by atoms with Crippen molar-refractivity contribution in [2.75, 3.05) is 60.4 Å². The van der Waals surface area contributed by atoms with Crippen molar-refractivity contribution in [3.05, 3.63) is 0 Å². The third kappa shape index (κ3) is 4.18. The summed E-state index contributed by atoms with van der Waals surface area (Å²) in [6, 6.07) is 0. The molecule has 0 spiro atoms. The number of hydrogen-bond acceptors (Lipinski definition) is 1. The van der Waals surface area contributed by atoms with Gasteiger partial charge in [-0.25, -0.2) is 0 Å². The molecule has 1 aliphatic rings. The summed E-state index contributed by atoms with van der Waals surface area (Å²) < 4.78 is 2.39. The zero-order valence-electron chi connectivity index (χ0n) is 10.4. The van der Waals surface area contributed by atoms with Crippen molar-refractivity contribution in [2.24, 2.45) is 10.7 Å². The van der Waals surface area contributed by atoms with Crippen LogP contribution in [-0.4, -0.2) is 75.7 Å². The number of aliphatic imine (C=N–C) groups is 1. The van der Waals surface area contributed by atoms with Crippen LogP contribution in [0.3, 0.4) is 0 Å². The second kappa shape index (κ2) is 4.94. The van der Waals surface area contributed by atoms with Crippen LogP contribution >= 0.6 is 0 Å². The van der Waals surface area contributed by atoms with Gasteiger partial charge in [-0.1, -0.05) is 0 Å². The molecule has 4 nitrogen and oxygen atoms in total. The molecule has 15 heavy (non-hydrogen) atoms. The fourth-order valence-electron chi connectivity index (χ4n) is 2.09. The first-order valence-corrected chi connectivity index (χ1v) is 5.83. The highest BCUT2D eigenvalue weighted by molar-refractivity contribution is 5.50. The van der Waals surface area contributed by atoms with Crippen molar-refractivity contribution in [2.45, 2.75) is 6.42 Å². The molecular formula is C11H26N4+2. The van der Waals surface area contributed by atoms with Crippen molar-refractivity contribution in [3.63, 3.8) is 0 Å². The van der Waals surface area contributed by atoms with Crippen LogP contribution in [0.15, 0.2) is 4.99 Å². The molecule has 0 unspecified atom stereocenters. The number of nitrogens with zero attached hydrogens (tertiary/aromatic N) is 3. The zero-order valence-corrected chi connectivity index (χ0v) is 10.4. The lowest BCUT2D eigenvalue weighted by Crippen LogP contribution is -2.62. The highest BCUT2D eigenvalue weighted by Gasteiger charge is 2.33. The molecule has 1 rings (SSSR count). The Morgan fingerprint density at radius 2 is 1.73 bits per heavy atom. The molecule has 1 saturated heterocycles. The third-order valence-electron chi connectivity index (χ3n) is 3.58. The fourth-order valence-corrected chi connectivity index (χ4v) is 2.09. The largest absolute Gasteiger partial charge is 0.390 e. The van der Waals surface area contributed by atoms with Crippen molar-refractivity contribution in [1.82, 2.24) is 0 Å². The average Bonchev–Trinajstić information content (AvgIpc) is 2.19. The van der Waals surface area contributed by atoms with Crippen molar-refractivity contribution >= 4 is 6.34 Å².